The van der Waals surface area contributed by atoms with Gasteiger partial charge < -0.3 is 5.11 Å². The van der Waals surface area contributed by atoms with Crippen LogP contribution in [0.4, 0.5) is 0 Å². The minimum absolute atomic E-state index is 0.0157. The second-order valence-corrected chi connectivity index (χ2v) is 4.73. The second kappa shape index (κ2) is 11.7. The standard InChI is InChI=1S/C15H28O2/c1-3-5-7-9-11-14(15(17)13-16)12-10-8-6-4-2/h13,17H,3-12H2,1-2H3. The van der Waals surface area contributed by atoms with Gasteiger partial charge in [-0.15, -0.1) is 0 Å². The molecule has 0 amide bonds. The first kappa shape index (κ1) is 16.2. The zero-order chi connectivity index (χ0) is 12.9. The van der Waals surface area contributed by atoms with E-state index in [1.807, 2.05) is 0 Å². The number of unbranched alkanes of at least 4 members (excludes halogenated alkanes) is 6. The number of hydrogen-bond donors (Lipinski definition) is 1. The summed E-state index contributed by atoms with van der Waals surface area (Å²) >= 11 is 0. The molecule has 0 fully saturated rings. The Morgan fingerprint density at radius 1 is 0.882 bits per heavy atom. The molecule has 0 bridgehead atoms. The summed E-state index contributed by atoms with van der Waals surface area (Å²) in [6, 6.07) is 0. The van der Waals surface area contributed by atoms with Gasteiger partial charge >= 0.3 is 0 Å². The summed E-state index contributed by atoms with van der Waals surface area (Å²) in [5.74, 6) is -0.0157. The fourth-order valence-electron chi connectivity index (χ4n) is 1.99. The van der Waals surface area contributed by atoms with E-state index in [0.29, 0.717) is 6.29 Å². The number of carbonyl (C=O) groups excluding carboxylic acids is 1. The van der Waals surface area contributed by atoms with Gasteiger partial charge in [0.1, 0.15) is 0 Å². The summed E-state index contributed by atoms with van der Waals surface area (Å²) < 4.78 is 0. The Morgan fingerprint density at radius 2 is 1.35 bits per heavy atom. The Labute approximate surface area is 106 Å². The lowest BCUT2D eigenvalue weighted by Crippen LogP contribution is -1.95. The van der Waals surface area contributed by atoms with Crippen molar-refractivity contribution in [1.82, 2.24) is 0 Å². The summed E-state index contributed by atoms with van der Waals surface area (Å²) in [4.78, 5) is 10.6. The molecule has 0 aliphatic carbocycles. The van der Waals surface area contributed by atoms with Crippen LogP contribution in [0, 0.1) is 0 Å². The topological polar surface area (TPSA) is 37.3 Å². The van der Waals surface area contributed by atoms with Gasteiger partial charge in [0.2, 0.25) is 0 Å². The average molecular weight is 240 g/mol. The SMILES string of the molecule is CCCCCCC(CCCCCC)=C(O)C=O. The smallest absolute Gasteiger partial charge is 0.184 e. The number of aliphatic hydroxyl groups excluding tert-OH is 1. The first-order chi connectivity index (χ1) is 8.26. The molecule has 0 aliphatic heterocycles. The maximum Gasteiger partial charge on any atom is 0.184 e. The predicted octanol–water partition coefficient (Wildman–Crippen LogP) is 4.94. The lowest BCUT2D eigenvalue weighted by molar-refractivity contribution is -0.107. The molecule has 0 heterocycles. The third kappa shape index (κ3) is 8.96. The van der Waals surface area contributed by atoms with E-state index >= 15 is 0 Å². The van der Waals surface area contributed by atoms with Gasteiger partial charge in [-0.3, -0.25) is 4.79 Å². The van der Waals surface area contributed by atoms with E-state index in [9.17, 15) is 9.90 Å². The normalized spacial score (nSPS) is 10.2. The van der Waals surface area contributed by atoms with Crippen LogP contribution in [0.1, 0.15) is 78.1 Å². The van der Waals surface area contributed by atoms with Gasteiger partial charge in [-0.2, -0.15) is 0 Å². The summed E-state index contributed by atoms with van der Waals surface area (Å²) in [7, 11) is 0. The van der Waals surface area contributed by atoms with Crippen molar-refractivity contribution in [2.45, 2.75) is 78.1 Å². The Balaban J connectivity index is 3.94. The van der Waals surface area contributed by atoms with Crippen LogP contribution in [0.5, 0.6) is 0 Å². The van der Waals surface area contributed by atoms with Crippen molar-refractivity contribution in [2.75, 3.05) is 0 Å². The molecule has 0 aliphatic rings. The van der Waals surface area contributed by atoms with E-state index in [4.69, 9.17) is 0 Å². The molecular formula is C15H28O2. The number of hydrogen-bond acceptors (Lipinski definition) is 2. The molecule has 1 N–H and O–H groups in total. The molecule has 100 valence electrons. The first-order valence-corrected chi connectivity index (χ1v) is 7.12. The molecular weight excluding hydrogens is 212 g/mol. The van der Waals surface area contributed by atoms with Gasteiger partial charge in [0.05, 0.1) is 0 Å². The van der Waals surface area contributed by atoms with Crippen LogP contribution in [0.2, 0.25) is 0 Å². The Kier molecular flexibility index (Phi) is 11.1. The Morgan fingerprint density at radius 3 is 1.71 bits per heavy atom. The molecule has 0 spiro atoms. The Hall–Kier alpha value is -0.790. The van der Waals surface area contributed by atoms with Crippen molar-refractivity contribution in [2.24, 2.45) is 0 Å². The fourth-order valence-corrected chi connectivity index (χ4v) is 1.99. The van der Waals surface area contributed by atoms with Gasteiger partial charge in [-0.1, -0.05) is 52.4 Å². The molecule has 17 heavy (non-hydrogen) atoms. The summed E-state index contributed by atoms with van der Waals surface area (Å²) in [5, 5.41) is 9.54. The van der Waals surface area contributed by atoms with E-state index in [0.717, 1.165) is 31.3 Å². The van der Waals surface area contributed by atoms with Crippen molar-refractivity contribution in [3.8, 4) is 0 Å². The molecule has 0 saturated carbocycles. The molecule has 2 nitrogen and oxygen atoms in total. The molecule has 0 rings (SSSR count). The number of carbonyl (C=O) groups is 1. The maximum atomic E-state index is 10.6. The number of rotatable bonds is 11. The molecule has 0 atom stereocenters. The van der Waals surface area contributed by atoms with Crippen molar-refractivity contribution in [1.29, 1.82) is 0 Å². The van der Waals surface area contributed by atoms with E-state index in [2.05, 4.69) is 13.8 Å². The highest BCUT2D eigenvalue weighted by Crippen LogP contribution is 2.19. The molecule has 0 radical (unpaired) electrons. The molecule has 0 saturated heterocycles. The number of allylic oxidation sites excluding steroid dienone is 2. The Bertz CT molecular complexity index is 205. The first-order valence-electron chi connectivity index (χ1n) is 7.12. The zero-order valence-electron chi connectivity index (χ0n) is 11.5. The highest BCUT2D eigenvalue weighted by molar-refractivity contribution is 5.70. The number of aliphatic hydroxyl groups is 1. The van der Waals surface area contributed by atoms with Crippen molar-refractivity contribution < 1.29 is 9.90 Å². The van der Waals surface area contributed by atoms with Crippen LogP contribution in [-0.4, -0.2) is 11.4 Å². The summed E-state index contributed by atoms with van der Waals surface area (Å²) in [6.45, 7) is 4.37. The zero-order valence-corrected chi connectivity index (χ0v) is 11.5. The van der Waals surface area contributed by atoms with Crippen LogP contribution >= 0.6 is 0 Å². The molecule has 0 aromatic carbocycles. The van der Waals surface area contributed by atoms with Crippen LogP contribution < -0.4 is 0 Å². The minimum Gasteiger partial charge on any atom is -0.505 e. The van der Waals surface area contributed by atoms with Crippen LogP contribution in [0.15, 0.2) is 11.3 Å². The molecule has 0 aromatic rings. The van der Waals surface area contributed by atoms with E-state index in [1.54, 1.807) is 0 Å². The van der Waals surface area contributed by atoms with Crippen LogP contribution in [0.25, 0.3) is 0 Å². The minimum atomic E-state index is -0.0157. The predicted molar refractivity (Wildman–Crippen MR) is 73.2 cm³/mol. The summed E-state index contributed by atoms with van der Waals surface area (Å²) in [6.07, 6.45) is 11.9. The van der Waals surface area contributed by atoms with Crippen LogP contribution in [-0.2, 0) is 4.79 Å². The van der Waals surface area contributed by atoms with E-state index in [-0.39, 0.29) is 5.76 Å². The van der Waals surface area contributed by atoms with Gasteiger partial charge in [0.15, 0.2) is 12.0 Å². The van der Waals surface area contributed by atoms with E-state index in [1.165, 1.54) is 38.5 Å². The summed E-state index contributed by atoms with van der Waals surface area (Å²) in [5.41, 5.74) is 0.965. The molecule has 0 unspecified atom stereocenters. The third-order valence-corrected chi connectivity index (χ3v) is 3.14. The lowest BCUT2D eigenvalue weighted by atomic mass is 9.99. The van der Waals surface area contributed by atoms with Gasteiger partial charge in [-0.25, -0.2) is 0 Å². The largest absolute Gasteiger partial charge is 0.505 e. The van der Waals surface area contributed by atoms with Crippen molar-refractivity contribution in [3.63, 3.8) is 0 Å². The highest BCUT2D eigenvalue weighted by atomic mass is 16.3. The van der Waals surface area contributed by atoms with Crippen molar-refractivity contribution in [3.05, 3.63) is 11.3 Å². The maximum absolute atomic E-state index is 10.6. The fraction of sp³-hybridized carbons (Fsp3) is 0.800. The quantitative estimate of drug-likeness (QED) is 0.240. The second-order valence-electron chi connectivity index (χ2n) is 4.73. The van der Waals surface area contributed by atoms with Gasteiger partial charge in [0.25, 0.3) is 0 Å². The van der Waals surface area contributed by atoms with Crippen molar-refractivity contribution >= 4 is 6.29 Å². The van der Waals surface area contributed by atoms with E-state index < -0.39 is 0 Å². The lowest BCUT2D eigenvalue weighted by Gasteiger charge is -2.08. The van der Waals surface area contributed by atoms with Crippen LogP contribution in [0.3, 0.4) is 0 Å². The average Bonchev–Trinajstić information content (AvgIpc) is 2.36. The van der Waals surface area contributed by atoms with Gasteiger partial charge in [-0.05, 0) is 31.3 Å². The van der Waals surface area contributed by atoms with Gasteiger partial charge in [0, 0.05) is 0 Å². The highest BCUT2D eigenvalue weighted by Gasteiger charge is 2.05. The monoisotopic (exact) mass is 240 g/mol. The number of aldehydes is 1. The third-order valence-electron chi connectivity index (χ3n) is 3.14. The molecule has 0 aromatic heterocycles. The molecule has 2 heteroatoms.